The molecule has 0 aliphatic carbocycles. The van der Waals surface area contributed by atoms with Gasteiger partial charge in [-0.25, -0.2) is 8.78 Å². The predicted octanol–water partition coefficient (Wildman–Crippen LogP) is 3.74. The SMILES string of the molecule is CC[C@H](C)N(Cc1ccc(F)cc1F)C[C@H](O)COCc1ccco1. The summed E-state index contributed by atoms with van der Waals surface area (Å²) in [6.45, 7) is 5.12. The number of ether oxygens (including phenoxy) is 1. The molecule has 138 valence electrons. The van der Waals surface area contributed by atoms with E-state index >= 15 is 0 Å². The third kappa shape index (κ3) is 6.23. The van der Waals surface area contributed by atoms with Crippen molar-refractivity contribution in [1.82, 2.24) is 4.90 Å². The van der Waals surface area contributed by atoms with Crippen LogP contribution in [0, 0.1) is 11.6 Å². The number of aliphatic hydroxyl groups is 1. The zero-order valence-corrected chi connectivity index (χ0v) is 14.6. The molecular weight excluding hydrogens is 328 g/mol. The van der Waals surface area contributed by atoms with Gasteiger partial charge in [-0.2, -0.15) is 0 Å². The van der Waals surface area contributed by atoms with Gasteiger partial charge in [0.15, 0.2) is 0 Å². The standard InChI is InChI=1S/C19H25F2NO3/c1-3-14(2)22(10-15-6-7-16(20)9-19(15)21)11-17(23)12-24-13-18-5-4-8-25-18/h4-9,14,17,23H,3,10-13H2,1-2H3/t14-,17-/m0/s1. The lowest BCUT2D eigenvalue weighted by atomic mass is 10.1. The summed E-state index contributed by atoms with van der Waals surface area (Å²) >= 11 is 0. The van der Waals surface area contributed by atoms with E-state index in [0.29, 0.717) is 31.0 Å². The molecule has 1 heterocycles. The Hall–Kier alpha value is -1.76. The molecule has 0 spiro atoms. The van der Waals surface area contributed by atoms with Gasteiger partial charge in [0.25, 0.3) is 0 Å². The summed E-state index contributed by atoms with van der Waals surface area (Å²) in [5.74, 6) is -0.473. The first-order valence-corrected chi connectivity index (χ1v) is 8.45. The maximum absolute atomic E-state index is 13.9. The first kappa shape index (κ1) is 19.6. The van der Waals surface area contributed by atoms with Crippen molar-refractivity contribution >= 4 is 0 Å². The fourth-order valence-corrected chi connectivity index (χ4v) is 2.54. The fourth-order valence-electron chi connectivity index (χ4n) is 2.54. The summed E-state index contributed by atoms with van der Waals surface area (Å²) in [6, 6.07) is 7.29. The number of hydrogen-bond acceptors (Lipinski definition) is 4. The molecule has 1 aromatic heterocycles. The summed E-state index contributed by atoms with van der Waals surface area (Å²) < 4.78 is 37.6. The first-order chi connectivity index (χ1) is 12.0. The highest BCUT2D eigenvalue weighted by Crippen LogP contribution is 2.16. The molecule has 1 N–H and O–H groups in total. The van der Waals surface area contributed by atoms with Gasteiger partial charge in [-0.3, -0.25) is 4.90 Å². The lowest BCUT2D eigenvalue weighted by Crippen LogP contribution is -2.40. The normalized spacial score (nSPS) is 14.0. The topological polar surface area (TPSA) is 45.8 Å². The van der Waals surface area contributed by atoms with Gasteiger partial charge in [0, 0.05) is 30.8 Å². The van der Waals surface area contributed by atoms with E-state index in [0.717, 1.165) is 12.5 Å². The summed E-state index contributed by atoms with van der Waals surface area (Å²) in [4.78, 5) is 1.97. The zero-order valence-electron chi connectivity index (χ0n) is 14.6. The molecule has 2 atom stereocenters. The summed E-state index contributed by atoms with van der Waals surface area (Å²) in [7, 11) is 0. The Morgan fingerprint density at radius 3 is 2.72 bits per heavy atom. The monoisotopic (exact) mass is 353 g/mol. The number of rotatable bonds is 10. The molecule has 25 heavy (non-hydrogen) atoms. The third-order valence-electron chi connectivity index (χ3n) is 4.18. The molecule has 0 unspecified atom stereocenters. The summed E-state index contributed by atoms with van der Waals surface area (Å²) in [5.41, 5.74) is 0.408. The van der Waals surface area contributed by atoms with Gasteiger partial charge in [-0.1, -0.05) is 13.0 Å². The molecule has 0 saturated heterocycles. The minimum absolute atomic E-state index is 0.143. The molecule has 0 radical (unpaired) electrons. The molecule has 2 aromatic rings. The Morgan fingerprint density at radius 1 is 1.28 bits per heavy atom. The Morgan fingerprint density at radius 2 is 2.08 bits per heavy atom. The van der Waals surface area contributed by atoms with Crippen molar-refractivity contribution in [1.29, 1.82) is 0 Å². The molecule has 0 fully saturated rings. The van der Waals surface area contributed by atoms with E-state index in [4.69, 9.17) is 9.15 Å². The van der Waals surface area contributed by atoms with Crippen molar-refractivity contribution in [3.63, 3.8) is 0 Å². The molecule has 6 heteroatoms. The van der Waals surface area contributed by atoms with Gasteiger partial charge < -0.3 is 14.3 Å². The smallest absolute Gasteiger partial charge is 0.130 e. The van der Waals surface area contributed by atoms with Crippen LogP contribution in [0.1, 0.15) is 31.6 Å². The highest BCUT2D eigenvalue weighted by molar-refractivity contribution is 5.18. The maximum atomic E-state index is 13.9. The van der Waals surface area contributed by atoms with E-state index in [2.05, 4.69) is 0 Å². The van der Waals surface area contributed by atoms with Gasteiger partial charge in [-0.05, 0) is 31.5 Å². The molecule has 0 aliphatic rings. The number of furan rings is 1. The van der Waals surface area contributed by atoms with Crippen LogP contribution in [0.3, 0.4) is 0 Å². The number of aliphatic hydroxyl groups excluding tert-OH is 1. The van der Waals surface area contributed by atoms with Crippen molar-refractivity contribution in [2.45, 2.75) is 45.6 Å². The summed E-state index contributed by atoms with van der Waals surface area (Å²) in [6.07, 6.45) is 1.70. The molecule has 0 amide bonds. The van der Waals surface area contributed by atoms with Crippen LogP contribution in [0.2, 0.25) is 0 Å². The second kappa shape index (κ2) is 9.65. The summed E-state index contributed by atoms with van der Waals surface area (Å²) in [5, 5.41) is 10.2. The van der Waals surface area contributed by atoms with Crippen LogP contribution in [0.5, 0.6) is 0 Å². The van der Waals surface area contributed by atoms with E-state index < -0.39 is 17.7 Å². The predicted molar refractivity (Wildman–Crippen MR) is 90.9 cm³/mol. The number of halogens is 2. The molecule has 4 nitrogen and oxygen atoms in total. The van der Waals surface area contributed by atoms with Crippen molar-refractivity contribution in [2.75, 3.05) is 13.2 Å². The van der Waals surface area contributed by atoms with E-state index in [1.165, 1.54) is 12.1 Å². The quantitative estimate of drug-likeness (QED) is 0.707. The second-order valence-corrected chi connectivity index (χ2v) is 6.17. The highest BCUT2D eigenvalue weighted by Gasteiger charge is 2.19. The van der Waals surface area contributed by atoms with Gasteiger partial charge >= 0.3 is 0 Å². The highest BCUT2D eigenvalue weighted by atomic mass is 19.1. The minimum Gasteiger partial charge on any atom is -0.467 e. The van der Waals surface area contributed by atoms with Crippen molar-refractivity contribution in [3.05, 3.63) is 59.6 Å². The fraction of sp³-hybridized carbons (Fsp3) is 0.474. The van der Waals surface area contributed by atoms with Crippen molar-refractivity contribution in [3.8, 4) is 0 Å². The van der Waals surface area contributed by atoms with E-state index in [1.807, 2.05) is 18.7 Å². The average molecular weight is 353 g/mol. The van der Waals surface area contributed by atoms with E-state index in [-0.39, 0.29) is 12.6 Å². The van der Waals surface area contributed by atoms with Crippen LogP contribution in [-0.4, -0.2) is 35.3 Å². The Balaban J connectivity index is 1.90. The minimum atomic E-state index is -0.715. The Kier molecular flexibility index (Phi) is 7.55. The molecule has 1 aromatic carbocycles. The lowest BCUT2D eigenvalue weighted by molar-refractivity contribution is -0.00290. The lowest BCUT2D eigenvalue weighted by Gasteiger charge is -2.30. The van der Waals surface area contributed by atoms with Crippen LogP contribution < -0.4 is 0 Å². The van der Waals surface area contributed by atoms with Crippen LogP contribution in [0.4, 0.5) is 8.78 Å². The average Bonchev–Trinajstić information content (AvgIpc) is 3.09. The first-order valence-electron chi connectivity index (χ1n) is 8.45. The Bertz CT molecular complexity index is 634. The molecule has 0 saturated carbocycles. The van der Waals surface area contributed by atoms with Crippen LogP contribution in [-0.2, 0) is 17.9 Å². The van der Waals surface area contributed by atoms with Crippen molar-refractivity contribution in [2.24, 2.45) is 0 Å². The van der Waals surface area contributed by atoms with Crippen LogP contribution >= 0.6 is 0 Å². The number of hydrogen-bond donors (Lipinski definition) is 1. The van der Waals surface area contributed by atoms with Gasteiger partial charge in [0.1, 0.15) is 24.0 Å². The Labute approximate surface area is 147 Å². The van der Waals surface area contributed by atoms with E-state index in [9.17, 15) is 13.9 Å². The molecule has 0 aliphatic heterocycles. The van der Waals surface area contributed by atoms with Crippen molar-refractivity contribution < 1.29 is 23.0 Å². The van der Waals surface area contributed by atoms with Crippen LogP contribution in [0.25, 0.3) is 0 Å². The number of benzene rings is 1. The molecular formula is C19H25F2NO3. The second-order valence-electron chi connectivity index (χ2n) is 6.17. The zero-order chi connectivity index (χ0) is 18.2. The molecule has 2 rings (SSSR count). The van der Waals surface area contributed by atoms with Crippen LogP contribution in [0.15, 0.2) is 41.0 Å². The third-order valence-corrected chi connectivity index (χ3v) is 4.18. The maximum Gasteiger partial charge on any atom is 0.130 e. The number of nitrogens with zero attached hydrogens (tertiary/aromatic N) is 1. The largest absolute Gasteiger partial charge is 0.467 e. The molecule has 0 bridgehead atoms. The van der Waals surface area contributed by atoms with E-state index in [1.54, 1.807) is 18.4 Å². The van der Waals surface area contributed by atoms with Gasteiger partial charge in [0.2, 0.25) is 0 Å². The van der Waals surface area contributed by atoms with Gasteiger partial charge in [0.05, 0.1) is 19.0 Å². The van der Waals surface area contributed by atoms with Gasteiger partial charge in [-0.15, -0.1) is 0 Å².